The smallest absolute Gasteiger partial charge is 0.224 e. The van der Waals surface area contributed by atoms with Crippen LogP contribution in [-0.2, 0) is 22.6 Å². The first kappa shape index (κ1) is 21.2. The molecule has 7 heteroatoms. The van der Waals surface area contributed by atoms with E-state index < -0.39 is 0 Å². The molecule has 1 N–H and O–H groups in total. The third kappa shape index (κ3) is 6.26. The molecule has 0 heterocycles. The Morgan fingerprint density at radius 2 is 1.64 bits per heavy atom. The Morgan fingerprint density at radius 3 is 2.25 bits per heavy atom. The number of hydrogen-bond acceptors (Lipinski definition) is 4. The Morgan fingerprint density at radius 1 is 1.00 bits per heavy atom. The Kier molecular flexibility index (Phi) is 7.80. The first-order valence-corrected chi connectivity index (χ1v) is 8.90. The number of rotatable bonds is 9. The van der Waals surface area contributed by atoms with Crippen LogP contribution < -0.4 is 14.8 Å². The summed E-state index contributed by atoms with van der Waals surface area (Å²) in [5, 5.41) is 2.79. The Hall–Kier alpha value is -3.09. The van der Waals surface area contributed by atoms with Crippen LogP contribution in [0.3, 0.4) is 0 Å². The summed E-state index contributed by atoms with van der Waals surface area (Å²) in [6.07, 6.45) is 0.163. The molecular weight excluding hydrogens is 363 g/mol. The van der Waals surface area contributed by atoms with Crippen molar-refractivity contribution < 1.29 is 23.5 Å². The average Bonchev–Trinajstić information content (AvgIpc) is 2.68. The Bertz CT molecular complexity index is 809. The van der Waals surface area contributed by atoms with Gasteiger partial charge in [0.25, 0.3) is 0 Å². The highest BCUT2D eigenvalue weighted by Crippen LogP contribution is 2.28. The average molecular weight is 388 g/mol. The lowest BCUT2D eigenvalue weighted by molar-refractivity contribution is -0.130. The Balaban J connectivity index is 1.88. The summed E-state index contributed by atoms with van der Waals surface area (Å²) in [6, 6.07) is 11.3. The number of nitrogens with one attached hydrogen (secondary N) is 1. The third-order valence-electron chi connectivity index (χ3n) is 4.25. The van der Waals surface area contributed by atoms with Crippen LogP contribution in [0.2, 0.25) is 0 Å². The molecule has 2 aromatic carbocycles. The molecule has 2 amide bonds. The van der Waals surface area contributed by atoms with Crippen LogP contribution in [0.5, 0.6) is 11.5 Å². The van der Waals surface area contributed by atoms with E-state index in [1.807, 2.05) is 12.1 Å². The summed E-state index contributed by atoms with van der Waals surface area (Å²) in [7, 11) is 3.12. The SMILES string of the molecule is COc1ccc(CN(CCNC(=O)Cc2ccc(F)cc2)C(C)=O)cc1OC. The number of ether oxygens (including phenoxy) is 2. The molecule has 6 nitrogen and oxygen atoms in total. The second kappa shape index (κ2) is 10.3. The van der Waals surface area contributed by atoms with E-state index in [0.717, 1.165) is 11.1 Å². The van der Waals surface area contributed by atoms with Crippen molar-refractivity contribution in [2.24, 2.45) is 0 Å². The highest BCUT2D eigenvalue weighted by Gasteiger charge is 2.12. The third-order valence-corrected chi connectivity index (χ3v) is 4.25. The molecule has 0 saturated carbocycles. The van der Waals surface area contributed by atoms with Crippen LogP contribution in [0.4, 0.5) is 4.39 Å². The van der Waals surface area contributed by atoms with Gasteiger partial charge in [0.1, 0.15) is 5.82 Å². The van der Waals surface area contributed by atoms with Gasteiger partial charge >= 0.3 is 0 Å². The van der Waals surface area contributed by atoms with Crippen molar-refractivity contribution >= 4 is 11.8 Å². The quantitative estimate of drug-likeness (QED) is 0.717. The summed E-state index contributed by atoms with van der Waals surface area (Å²) >= 11 is 0. The van der Waals surface area contributed by atoms with Gasteiger partial charge in [0.2, 0.25) is 11.8 Å². The minimum Gasteiger partial charge on any atom is -0.493 e. The van der Waals surface area contributed by atoms with Crippen molar-refractivity contribution in [3.8, 4) is 11.5 Å². The first-order valence-electron chi connectivity index (χ1n) is 8.90. The van der Waals surface area contributed by atoms with Crippen LogP contribution in [0.15, 0.2) is 42.5 Å². The molecule has 0 radical (unpaired) electrons. The van der Waals surface area contributed by atoms with Gasteiger partial charge in [-0.25, -0.2) is 4.39 Å². The van der Waals surface area contributed by atoms with Gasteiger partial charge in [-0.1, -0.05) is 18.2 Å². The fourth-order valence-corrected chi connectivity index (χ4v) is 2.73. The van der Waals surface area contributed by atoms with E-state index >= 15 is 0 Å². The zero-order valence-electron chi connectivity index (χ0n) is 16.3. The molecule has 2 rings (SSSR count). The van der Waals surface area contributed by atoms with Crippen LogP contribution in [0.1, 0.15) is 18.1 Å². The second-order valence-electron chi connectivity index (χ2n) is 6.28. The summed E-state index contributed by atoms with van der Waals surface area (Å²) in [5.74, 6) is 0.602. The van der Waals surface area contributed by atoms with Gasteiger partial charge in [-0.05, 0) is 35.4 Å². The molecule has 150 valence electrons. The number of carbonyl (C=O) groups is 2. The molecule has 0 aliphatic heterocycles. The maximum Gasteiger partial charge on any atom is 0.224 e. The lowest BCUT2D eigenvalue weighted by Gasteiger charge is -2.22. The minimum atomic E-state index is -0.337. The fourth-order valence-electron chi connectivity index (χ4n) is 2.73. The maximum atomic E-state index is 12.9. The van der Waals surface area contributed by atoms with Crippen molar-refractivity contribution in [3.05, 3.63) is 59.4 Å². The van der Waals surface area contributed by atoms with E-state index in [4.69, 9.17) is 9.47 Å². The van der Waals surface area contributed by atoms with Gasteiger partial charge < -0.3 is 19.7 Å². The summed E-state index contributed by atoms with van der Waals surface area (Å²) in [5.41, 5.74) is 1.62. The molecule has 0 fully saturated rings. The van der Waals surface area contributed by atoms with Gasteiger partial charge in [-0.3, -0.25) is 9.59 Å². The van der Waals surface area contributed by atoms with Crippen molar-refractivity contribution in [3.63, 3.8) is 0 Å². The van der Waals surface area contributed by atoms with E-state index in [-0.39, 0.29) is 24.1 Å². The van der Waals surface area contributed by atoms with E-state index in [0.29, 0.717) is 31.1 Å². The molecule has 0 saturated heterocycles. The highest BCUT2D eigenvalue weighted by molar-refractivity contribution is 5.78. The van der Waals surface area contributed by atoms with Crippen molar-refractivity contribution in [2.75, 3.05) is 27.3 Å². The zero-order chi connectivity index (χ0) is 20.5. The van der Waals surface area contributed by atoms with Crippen molar-refractivity contribution in [1.29, 1.82) is 0 Å². The maximum absolute atomic E-state index is 12.9. The second-order valence-corrected chi connectivity index (χ2v) is 6.28. The number of methoxy groups -OCH3 is 2. The number of carbonyl (C=O) groups excluding carboxylic acids is 2. The molecule has 0 spiro atoms. The van der Waals surface area contributed by atoms with Crippen molar-refractivity contribution in [2.45, 2.75) is 19.9 Å². The molecule has 0 aliphatic rings. The van der Waals surface area contributed by atoms with Gasteiger partial charge in [-0.15, -0.1) is 0 Å². The lowest BCUT2D eigenvalue weighted by Crippen LogP contribution is -2.37. The number of benzene rings is 2. The van der Waals surface area contributed by atoms with Crippen LogP contribution in [0, 0.1) is 5.82 Å². The van der Waals surface area contributed by atoms with Gasteiger partial charge in [0.05, 0.1) is 20.6 Å². The normalized spacial score (nSPS) is 10.3. The number of amides is 2. The molecule has 0 bridgehead atoms. The highest BCUT2D eigenvalue weighted by atomic mass is 19.1. The summed E-state index contributed by atoms with van der Waals surface area (Å²) < 4.78 is 23.4. The van der Waals surface area contributed by atoms with E-state index in [2.05, 4.69) is 5.32 Å². The monoisotopic (exact) mass is 388 g/mol. The zero-order valence-corrected chi connectivity index (χ0v) is 16.3. The molecule has 0 unspecified atom stereocenters. The predicted octanol–water partition coefficient (Wildman–Crippen LogP) is 2.55. The molecule has 0 aromatic heterocycles. The van der Waals surface area contributed by atoms with E-state index in [9.17, 15) is 14.0 Å². The van der Waals surface area contributed by atoms with E-state index in [1.54, 1.807) is 37.3 Å². The summed E-state index contributed by atoms with van der Waals surface area (Å²) in [6.45, 7) is 2.58. The van der Waals surface area contributed by atoms with Crippen LogP contribution in [0.25, 0.3) is 0 Å². The standard InChI is InChI=1S/C21H25FN2O4/c1-15(25)24(14-17-6-9-19(27-2)20(12-17)28-3)11-10-23-21(26)13-16-4-7-18(22)8-5-16/h4-9,12H,10-11,13-14H2,1-3H3,(H,23,26). The van der Waals surface area contributed by atoms with Gasteiger partial charge in [0.15, 0.2) is 11.5 Å². The minimum absolute atomic E-state index is 0.0948. The number of halogens is 1. The molecule has 0 aliphatic carbocycles. The molecule has 28 heavy (non-hydrogen) atoms. The number of hydrogen-bond donors (Lipinski definition) is 1. The van der Waals surface area contributed by atoms with E-state index in [1.165, 1.54) is 19.1 Å². The topological polar surface area (TPSA) is 67.9 Å². The van der Waals surface area contributed by atoms with Gasteiger partial charge in [0, 0.05) is 26.6 Å². The van der Waals surface area contributed by atoms with Gasteiger partial charge in [-0.2, -0.15) is 0 Å². The van der Waals surface area contributed by atoms with Crippen LogP contribution in [-0.4, -0.2) is 44.0 Å². The first-order chi connectivity index (χ1) is 13.4. The van der Waals surface area contributed by atoms with Crippen molar-refractivity contribution in [1.82, 2.24) is 10.2 Å². The molecular formula is C21H25FN2O4. The predicted molar refractivity (Wildman–Crippen MR) is 104 cm³/mol. The lowest BCUT2D eigenvalue weighted by atomic mass is 10.1. The van der Waals surface area contributed by atoms with Crippen LogP contribution >= 0.6 is 0 Å². The largest absolute Gasteiger partial charge is 0.493 e. The molecule has 0 atom stereocenters. The molecule has 2 aromatic rings. The summed E-state index contributed by atoms with van der Waals surface area (Å²) in [4.78, 5) is 25.6. The Labute approximate surface area is 164 Å². The number of nitrogens with zero attached hydrogens (tertiary/aromatic N) is 1. The fraction of sp³-hybridized carbons (Fsp3) is 0.333.